The zero-order valence-electron chi connectivity index (χ0n) is 8.14. The molecule has 0 unspecified atom stereocenters. The van der Waals surface area contributed by atoms with Gasteiger partial charge in [0.05, 0.1) is 0 Å². The molecule has 0 atom stereocenters. The molecule has 0 spiro atoms. The molecule has 5 heteroatoms. The van der Waals surface area contributed by atoms with E-state index in [9.17, 15) is 0 Å². The molecular formula is C10H11N5. The summed E-state index contributed by atoms with van der Waals surface area (Å²) in [5.74, 6) is 0.571. The van der Waals surface area contributed by atoms with Crippen LogP contribution < -0.4 is 5.73 Å². The van der Waals surface area contributed by atoms with E-state index < -0.39 is 0 Å². The minimum absolute atomic E-state index is 0.440. The highest BCUT2D eigenvalue weighted by Gasteiger charge is 2.04. The van der Waals surface area contributed by atoms with E-state index in [1.54, 1.807) is 0 Å². The third kappa shape index (κ3) is 1.92. The smallest absolute Gasteiger partial charge is 0.204 e. The molecule has 0 aliphatic rings. The number of aromatic amines is 1. The Balaban J connectivity index is 2.39. The summed E-state index contributed by atoms with van der Waals surface area (Å²) in [4.78, 5) is 0. The molecule has 2 rings (SSSR count). The van der Waals surface area contributed by atoms with Crippen molar-refractivity contribution in [2.24, 2.45) is 5.73 Å². The monoisotopic (exact) mass is 201 g/mol. The molecule has 2 aromatic rings. The van der Waals surface area contributed by atoms with Crippen molar-refractivity contribution in [2.75, 3.05) is 6.54 Å². The maximum Gasteiger partial charge on any atom is 0.204 e. The van der Waals surface area contributed by atoms with Crippen molar-refractivity contribution in [3.63, 3.8) is 0 Å². The number of rotatable bonds is 3. The summed E-state index contributed by atoms with van der Waals surface area (Å²) >= 11 is 0. The van der Waals surface area contributed by atoms with Crippen LogP contribution in [0.15, 0.2) is 30.8 Å². The molecule has 1 aromatic carbocycles. The first-order chi connectivity index (χ1) is 7.31. The number of tetrazole rings is 1. The highest BCUT2D eigenvalue weighted by Crippen LogP contribution is 2.18. The van der Waals surface area contributed by atoms with Gasteiger partial charge in [-0.25, -0.2) is 0 Å². The van der Waals surface area contributed by atoms with Crippen LogP contribution in [0.2, 0.25) is 0 Å². The Bertz CT molecular complexity index is 460. The summed E-state index contributed by atoms with van der Waals surface area (Å²) in [5, 5.41) is 13.7. The Kier molecular flexibility index (Phi) is 2.55. The molecule has 0 saturated heterocycles. The first-order valence-corrected chi connectivity index (χ1v) is 4.53. The van der Waals surface area contributed by atoms with Crippen LogP contribution in [0.25, 0.3) is 17.0 Å². The number of hydrogen-bond acceptors (Lipinski definition) is 4. The molecule has 0 amide bonds. The van der Waals surface area contributed by atoms with Crippen LogP contribution in [0.4, 0.5) is 0 Å². The molecule has 76 valence electrons. The van der Waals surface area contributed by atoms with Gasteiger partial charge in [0.15, 0.2) is 0 Å². The molecule has 0 bridgehead atoms. The molecule has 1 heterocycles. The standard InChI is InChI=1S/C10H11N5/c1-7(6-11)8-3-2-4-9(5-8)10-12-14-15-13-10/h2-5H,1,6,11H2,(H,12,13,14,15). The van der Waals surface area contributed by atoms with Crippen molar-refractivity contribution in [1.82, 2.24) is 20.6 Å². The average Bonchev–Trinajstić information content (AvgIpc) is 2.82. The number of nitrogens with one attached hydrogen (secondary N) is 1. The van der Waals surface area contributed by atoms with E-state index in [4.69, 9.17) is 5.73 Å². The van der Waals surface area contributed by atoms with Crippen LogP contribution in [-0.4, -0.2) is 27.2 Å². The minimum atomic E-state index is 0.440. The Morgan fingerprint density at radius 1 is 1.47 bits per heavy atom. The third-order valence-electron chi connectivity index (χ3n) is 2.12. The molecule has 0 saturated carbocycles. The zero-order chi connectivity index (χ0) is 10.7. The largest absolute Gasteiger partial charge is 0.326 e. The quantitative estimate of drug-likeness (QED) is 0.771. The van der Waals surface area contributed by atoms with Gasteiger partial charge >= 0.3 is 0 Å². The van der Waals surface area contributed by atoms with Crippen LogP contribution in [0.1, 0.15) is 5.56 Å². The Morgan fingerprint density at radius 3 is 3.00 bits per heavy atom. The first-order valence-electron chi connectivity index (χ1n) is 4.53. The van der Waals surface area contributed by atoms with Crippen molar-refractivity contribution in [1.29, 1.82) is 0 Å². The molecule has 15 heavy (non-hydrogen) atoms. The van der Waals surface area contributed by atoms with E-state index in [-0.39, 0.29) is 0 Å². The predicted octanol–water partition coefficient (Wildman–Crippen LogP) is 0.839. The van der Waals surface area contributed by atoms with E-state index >= 15 is 0 Å². The van der Waals surface area contributed by atoms with Crippen molar-refractivity contribution in [3.8, 4) is 11.4 Å². The highest BCUT2D eigenvalue weighted by molar-refractivity contribution is 5.69. The molecular weight excluding hydrogens is 190 g/mol. The minimum Gasteiger partial charge on any atom is -0.326 e. The average molecular weight is 201 g/mol. The summed E-state index contributed by atoms with van der Waals surface area (Å²) in [6.07, 6.45) is 0. The number of benzene rings is 1. The molecule has 0 fully saturated rings. The first kappa shape index (κ1) is 9.54. The summed E-state index contributed by atoms with van der Waals surface area (Å²) in [6.45, 7) is 4.32. The van der Waals surface area contributed by atoms with E-state index in [2.05, 4.69) is 27.2 Å². The van der Waals surface area contributed by atoms with E-state index in [1.807, 2.05) is 24.3 Å². The van der Waals surface area contributed by atoms with Crippen LogP contribution in [-0.2, 0) is 0 Å². The summed E-state index contributed by atoms with van der Waals surface area (Å²) in [5.41, 5.74) is 8.31. The second-order valence-electron chi connectivity index (χ2n) is 3.12. The maximum absolute atomic E-state index is 5.52. The van der Waals surface area contributed by atoms with Crippen LogP contribution in [0, 0.1) is 0 Å². The summed E-state index contributed by atoms with van der Waals surface area (Å²) in [7, 11) is 0. The van der Waals surface area contributed by atoms with Crippen LogP contribution in [0.5, 0.6) is 0 Å². The Morgan fingerprint density at radius 2 is 2.33 bits per heavy atom. The normalized spacial score (nSPS) is 10.2. The fourth-order valence-electron chi connectivity index (χ4n) is 1.28. The second-order valence-corrected chi connectivity index (χ2v) is 3.12. The van der Waals surface area contributed by atoms with Crippen molar-refractivity contribution in [2.45, 2.75) is 0 Å². The van der Waals surface area contributed by atoms with Gasteiger partial charge in [0.1, 0.15) is 0 Å². The number of hydrogen-bond donors (Lipinski definition) is 2. The van der Waals surface area contributed by atoms with Crippen molar-refractivity contribution >= 4 is 5.57 Å². The number of nitrogens with two attached hydrogens (primary N) is 1. The second kappa shape index (κ2) is 4.02. The van der Waals surface area contributed by atoms with Gasteiger partial charge in [0.2, 0.25) is 5.82 Å². The SMILES string of the molecule is C=C(CN)c1cccc(-c2nn[nH]n2)c1. The van der Waals surface area contributed by atoms with Gasteiger partial charge in [0.25, 0.3) is 0 Å². The molecule has 5 nitrogen and oxygen atoms in total. The number of aromatic nitrogens is 4. The molecule has 3 N–H and O–H groups in total. The fraction of sp³-hybridized carbons (Fsp3) is 0.100. The fourth-order valence-corrected chi connectivity index (χ4v) is 1.28. The van der Waals surface area contributed by atoms with Crippen molar-refractivity contribution in [3.05, 3.63) is 36.4 Å². The van der Waals surface area contributed by atoms with E-state index in [0.29, 0.717) is 12.4 Å². The van der Waals surface area contributed by atoms with Gasteiger partial charge < -0.3 is 5.73 Å². The van der Waals surface area contributed by atoms with Crippen molar-refractivity contribution < 1.29 is 0 Å². The highest BCUT2D eigenvalue weighted by atomic mass is 15.5. The Hall–Kier alpha value is -2.01. The lowest BCUT2D eigenvalue weighted by atomic mass is 10.0. The topological polar surface area (TPSA) is 80.5 Å². The van der Waals surface area contributed by atoms with E-state index in [0.717, 1.165) is 16.7 Å². The molecule has 0 radical (unpaired) electrons. The van der Waals surface area contributed by atoms with Gasteiger partial charge in [0, 0.05) is 12.1 Å². The van der Waals surface area contributed by atoms with Gasteiger partial charge in [-0.15, -0.1) is 10.2 Å². The molecule has 0 aliphatic heterocycles. The molecule has 0 aliphatic carbocycles. The number of H-pyrrole nitrogens is 1. The predicted molar refractivity (Wildman–Crippen MR) is 57.7 cm³/mol. The van der Waals surface area contributed by atoms with Crippen LogP contribution in [0.3, 0.4) is 0 Å². The third-order valence-corrected chi connectivity index (χ3v) is 2.12. The lowest BCUT2D eigenvalue weighted by molar-refractivity contribution is 0.881. The molecule has 1 aromatic heterocycles. The summed E-state index contributed by atoms with van der Waals surface area (Å²) < 4.78 is 0. The lowest BCUT2D eigenvalue weighted by Gasteiger charge is -2.03. The van der Waals surface area contributed by atoms with Gasteiger partial charge in [-0.05, 0) is 22.4 Å². The maximum atomic E-state index is 5.52. The lowest BCUT2D eigenvalue weighted by Crippen LogP contribution is -2.00. The van der Waals surface area contributed by atoms with Gasteiger partial charge in [-0.2, -0.15) is 5.21 Å². The zero-order valence-corrected chi connectivity index (χ0v) is 8.14. The van der Waals surface area contributed by atoms with Gasteiger partial charge in [-0.1, -0.05) is 24.8 Å². The van der Waals surface area contributed by atoms with E-state index in [1.165, 1.54) is 0 Å². The summed E-state index contributed by atoms with van der Waals surface area (Å²) in [6, 6.07) is 7.73. The van der Waals surface area contributed by atoms with Gasteiger partial charge in [-0.3, -0.25) is 0 Å². The van der Waals surface area contributed by atoms with Crippen LogP contribution >= 0.6 is 0 Å². The Labute approximate surface area is 87.0 Å². The number of nitrogens with zero attached hydrogens (tertiary/aromatic N) is 3.